The van der Waals surface area contributed by atoms with E-state index in [1.54, 1.807) is 19.2 Å². The Morgan fingerprint density at radius 2 is 1.35 bits per heavy atom. The summed E-state index contributed by atoms with van der Waals surface area (Å²) in [7, 11) is 1.56. The van der Waals surface area contributed by atoms with Gasteiger partial charge in [0.05, 0.1) is 22.2 Å². The Bertz CT molecular complexity index is 1740. The Morgan fingerprint density at radius 3 is 1.91 bits per heavy atom. The van der Waals surface area contributed by atoms with Crippen LogP contribution in [0.15, 0.2) is 83.2 Å². The summed E-state index contributed by atoms with van der Waals surface area (Å²) in [5, 5.41) is 1.23. The fraction of sp³-hybridized carbons (Fsp3) is 0.368. The Balaban J connectivity index is 1.49. The minimum atomic E-state index is -0.556. The number of carbonyl (C=O) groups is 2. The quantitative estimate of drug-likeness (QED) is 0.249. The van der Waals surface area contributed by atoms with E-state index in [0.717, 1.165) is 40.9 Å². The topological polar surface area (TPSA) is 55.8 Å². The number of benzene rings is 3. The average molecular weight is 679 g/mol. The van der Waals surface area contributed by atoms with Gasteiger partial charge in [0.15, 0.2) is 23.1 Å². The predicted octanol–water partition coefficient (Wildman–Crippen LogP) is 10.1. The maximum absolute atomic E-state index is 14.2. The number of nitrogens with zero attached hydrogens (tertiary/aromatic N) is 1. The van der Waals surface area contributed by atoms with Crippen molar-refractivity contribution in [2.45, 2.75) is 72.4 Å². The number of methoxy groups -OCH3 is 1. The first-order chi connectivity index (χ1) is 21.8. The molecule has 3 aliphatic rings. The number of carbonyl (C=O) groups excluding carboxylic acids is 2. The summed E-state index contributed by atoms with van der Waals surface area (Å²) in [4.78, 5) is 30.7. The highest BCUT2D eigenvalue weighted by Crippen LogP contribution is 2.56. The first kappa shape index (κ1) is 32.7. The van der Waals surface area contributed by atoms with Crippen molar-refractivity contribution in [1.29, 1.82) is 0 Å². The van der Waals surface area contributed by atoms with Gasteiger partial charge in [-0.1, -0.05) is 98.9 Å². The number of ether oxygens (including phenoxy) is 2. The maximum atomic E-state index is 14.2. The van der Waals surface area contributed by atoms with Crippen molar-refractivity contribution in [1.82, 2.24) is 4.90 Å². The Hall–Kier alpha value is -3.25. The highest BCUT2D eigenvalue weighted by molar-refractivity contribution is 6.42. The van der Waals surface area contributed by atoms with Crippen molar-refractivity contribution < 1.29 is 19.1 Å². The molecule has 0 N–H and O–H groups in total. The summed E-state index contributed by atoms with van der Waals surface area (Å²) in [5.74, 6) is 0.365. The van der Waals surface area contributed by atoms with E-state index in [2.05, 4.69) is 44.7 Å². The van der Waals surface area contributed by atoms with Gasteiger partial charge >= 0.3 is 0 Å². The van der Waals surface area contributed by atoms with Gasteiger partial charge < -0.3 is 14.4 Å². The molecule has 0 saturated carbocycles. The summed E-state index contributed by atoms with van der Waals surface area (Å²) in [6.45, 7) is 9.35. The average Bonchev–Trinajstić information content (AvgIpc) is 2.98. The number of Topliss-reactive ketones (excluding diaryl/α,β-unsaturated/α-hetero) is 2. The third-order valence-corrected chi connectivity index (χ3v) is 10.2. The van der Waals surface area contributed by atoms with Crippen molar-refractivity contribution >= 4 is 46.4 Å². The summed E-state index contributed by atoms with van der Waals surface area (Å²) in [6.07, 6.45) is 2.25. The van der Waals surface area contributed by atoms with Gasteiger partial charge in [0, 0.05) is 47.8 Å². The molecule has 0 amide bonds. The van der Waals surface area contributed by atoms with Gasteiger partial charge in [-0.25, -0.2) is 0 Å². The molecular weight excluding hydrogens is 641 g/mol. The minimum Gasteiger partial charge on any atom is -0.493 e. The largest absolute Gasteiger partial charge is 0.493 e. The number of hydrogen-bond acceptors (Lipinski definition) is 5. The molecule has 8 heteroatoms. The SMILES string of the molecule is COc1cc(C2C3=C(CC(C)(C)CC3=O)N(Cc3ccccc3)C3=C2C(=O)CC(C)(C)C3)cc(Cl)c1OCc1ccc(Cl)c(Cl)c1. The fourth-order valence-electron chi connectivity index (χ4n) is 7.17. The summed E-state index contributed by atoms with van der Waals surface area (Å²) in [6, 6.07) is 19.2. The number of allylic oxidation sites excluding steroid dienone is 4. The van der Waals surface area contributed by atoms with Crippen LogP contribution in [-0.4, -0.2) is 23.6 Å². The smallest absolute Gasteiger partial charge is 0.180 e. The van der Waals surface area contributed by atoms with Crippen LogP contribution in [0, 0.1) is 10.8 Å². The van der Waals surface area contributed by atoms with Crippen molar-refractivity contribution in [2.24, 2.45) is 10.8 Å². The molecule has 240 valence electrons. The molecule has 0 bridgehead atoms. The number of hydrogen-bond donors (Lipinski definition) is 0. The van der Waals surface area contributed by atoms with Gasteiger partial charge in [0.1, 0.15) is 6.61 Å². The summed E-state index contributed by atoms with van der Waals surface area (Å²) < 4.78 is 12.0. The molecule has 6 rings (SSSR count). The summed E-state index contributed by atoms with van der Waals surface area (Å²) in [5.41, 5.74) is 5.60. The number of rotatable bonds is 7. The lowest BCUT2D eigenvalue weighted by molar-refractivity contribution is -0.119. The Morgan fingerprint density at radius 1 is 0.739 bits per heavy atom. The van der Waals surface area contributed by atoms with Crippen LogP contribution < -0.4 is 9.47 Å². The van der Waals surface area contributed by atoms with Gasteiger partial charge in [-0.15, -0.1) is 0 Å². The van der Waals surface area contributed by atoms with Gasteiger partial charge in [-0.2, -0.15) is 0 Å². The van der Waals surface area contributed by atoms with Crippen LogP contribution in [0.25, 0.3) is 0 Å². The molecule has 1 heterocycles. The molecule has 0 spiro atoms. The van der Waals surface area contributed by atoms with Gasteiger partial charge in [-0.3, -0.25) is 9.59 Å². The highest BCUT2D eigenvalue weighted by atomic mass is 35.5. The maximum Gasteiger partial charge on any atom is 0.180 e. The molecular formula is C38H38Cl3NO4. The van der Waals surface area contributed by atoms with E-state index in [4.69, 9.17) is 44.3 Å². The van der Waals surface area contributed by atoms with Crippen molar-refractivity contribution in [3.63, 3.8) is 0 Å². The van der Waals surface area contributed by atoms with Crippen molar-refractivity contribution in [3.05, 3.63) is 115 Å². The normalized spacial score (nSPS) is 19.3. The van der Waals surface area contributed by atoms with Crippen LogP contribution in [0.5, 0.6) is 11.5 Å². The zero-order valence-corrected chi connectivity index (χ0v) is 29.1. The standard InChI is InChI=1S/C38H38Cl3NO4/c1-37(2)16-28-34(30(43)18-37)33(35-29(17-38(3,4)19-31(35)44)42(28)20-22-9-7-6-8-10-22)24-14-27(41)36(32(15-24)45-5)46-21-23-11-12-25(39)26(40)13-23/h6-15,33H,16-21H2,1-5H3. The minimum absolute atomic E-state index is 0.0635. The third kappa shape index (κ3) is 6.34. The van der Waals surface area contributed by atoms with E-state index in [-0.39, 0.29) is 29.0 Å². The van der Waals surface area contributed by atoms with Gasteiger partial charge in [0.2, 0.25) is 0 Å². The lowest BCUT2D eigenvalue weighted by Gasteiger charge is -2.49. The molecule has 0 unspecified atom stereocenters. The zero-order chi connectivity index (χ0) is 33.0. The van der Waals surface area contributed by atoms with Gasteiger partial charge in [-0.05, 0) is 64.6 Å². The molecule has 46 heavy (non-hydrogen) atoms. The van der Waals surface area contributed by atoms with Gasteiger partial charge in [0.25, 0.3) is 0 Å². The van der Waals surface area contributed by atoms with Crippen molar-refractivity contribution in [3.8, 4) is 11.5 Å². The second-order valence-corrected chi connectivity index (χ2v) is 15.4. The zero-order valence-electron chi connectivity index (χ0n) is 26.8. The second kappa shape index (κ2) is 12.4. The Labute approximate surface area is 286 Å². The van der Waals surface area contributed by atoms with Crippen LogP contribution >= 0.6 is 34.8 Å². The molecule has 0 radical (unpaired) electrons. The third-order valence-electron chi connectivity index (χ3n) is 9.16. The Kier molecular flexibility index (Phi) is 8.82. The fourth-order valence-corrected chi connectivity index (χ4v) is 7.76. The van der Waals surface area contributed by atoms with Crippen LogP contribution in [-0.2, 0) is 22.7 Å². The second-order valence-electron chi connectivity index (χ2n) is 14.2. The molecule has 0 atom stereocenters. The highest BCUT2D eigenvalue weighted by Gasteiger charge is 2.49. The van der Waals surface area contributed by atoms with Crippen molar-refractivity contribution in [2.75, 3.05) is 7.11 Å². The lowest BCUT2D eigenvalue weighted by Crippen LogP contribution is -2.44. The van der Waals surface area contributed by atoms with E-state index in [0.29, 0.717) is 57.1 Å². The van der Waals surface area contributed by atoms with Crippen LogP contribution in [0.3, 0.4) is 0 Å². The van der Waals surface area contributed by atoms with E-state index < -0.39 is 5.92 Å². The molecule has 0 saturated heterocycles. The van der Waals surface area contributed by atoms with Crippen LogP contribution in [0.1, 0.15) is 76.0 Å². The number of halogens is 3. The molecule has 5 nitrogen and oxygen atoms in total. The first-order valence-electron chi connectivity index (χ1n) is 15.5. The van der Waals surface area contributed by atoms with Crippen LogP contribution in [0.4, 0.5) is 0 Å². The first-order valence-corrected chi connectivity index (χ1v) is 16.7. The molecule has 3 aromatic carbocycles. The number of ketones is 2. The van der Waals surface area contributed by atoms with E-state index in [9.17, 15) is 9.59 Å². The molecule has 0 aromatic heterocycles. The monoisotopic (exact) mass is 677 g/mol. The molecule has 1 aliphatic heterocycles. The van der Waals surface area contributed by atoms with E-state index in [1.807, 2.05) is 36.4 Å². The lowest BCUT2D eigenvalue weighted by atomic mass is 9.63. The summed E-state index contributed by atoms with van der Waals surface area (Å²) >= 11 is 19.2. The molecule has 0 fully saturated rings. The van der Waals surface area contributed by atoms with E-state index >= 15 is 0 Å². The van der Waals surface area contributed by atoms with Crippen LogP contribution in [0.2, 0.25) is 15.1 Å². The molecule has 3 aromatic rings. The van der Waals surface area contributed by atoms with E-state index in [1.165, 1.54) is 0 Å². The predicted molar refractivity (Wildman–Crippen MR) is 184 cm³/mol. The molecule has 2 aliphatic carbocycles.